The topological polar surface area (TPSA) is 39.4 Å². The van der Waals surface area contributed by atoms with E-state index in [0.29, 0.717) is 16.9 Å². The minimum atomic E-state index is -4.64. The average Bonchev–Trinajstić information content (AvgIpc) is 2.88. The van der Waals surface area contributed by atoms with E-state index < -0.39 is 13.0 Å². The lowest BCUT2D eigenvalue weighted by molar-refractivity contribution is -0.330. The summed E-state index contributed by atoms with van der Waals surface area (Å²) in [6.07, 6.45) is -3.00. The van der Waals surface area contributed by atoms with Crippen molar-refractivity contribution in [3.8, 4) is 11.3 Å². The monoisotopic (exact) mass is 307 g/mol. The van der Waals surface area contributed by atoms with Crippen LogP contribution < -0.4 is 0 Å². The molecule has 0 saturated carbocycles. The molecule has 3 rings (SSSR count). The molecule has 3 aromatic rings. The van der Waals surface area contributed by atoms with Crippen molar-refractivity contribution in [3.05, 3.63) is 53.9 Å². The SMILES string of the molecule is Cc1ccc2ncc(-c3cccc(COC(F)(F)F)c3)n2n1. The Labute approximate surface area is 124 Å². The van der Waals surface area contributed by atoms with Crippen LogP contribution in [0.4, 0.5) is 13.2 Å². The number of fused-ring (bicyclic) bond motifs is 1. The van der Waals surface area contributed by atoms with Gasteiger partial charge >= 0.3 is 6.36 Å². The highest BCUT2D eigenvalue weighted by molar-refractivity contribution is 5.63. The third-order valence-corrected chi connectivity index (χ3v) is 3.12. The van der Waals surface area contributed by atoms with Crippen molar-refractivity contribution in [2.24, 2.45) is 0 Å². The van der Waals surface area contributed by atoms with E-state index in [9.17, 15) is 13.2 Å². The van der Waals surface area contributed by atoms with E-state index in [2.05, 4.69) is 14.8 Å². The van der Waals surface area contributed by atoms with Gasteiger partial charge in [-0.15, -0.1) is 13.2 Å². The lowest BCUT2D eigenvalue weighted by Crippen LogP contribution is -2.12. The summed E-state index contributed by atoms with van der Waals surface area (Å²) < 4.78 is 41.9. The number of alkyl halides is 3. The van der Waals surface area contributed by atoms with E-state index in [0.717, 1.165) is 11.3 Å². The van der Waals surface area contributed by atoms with E-state index in [-0.39, 0.29) is 0 Å². The molecule has 0 N–H and O–H groups in total. The molecule has 114 valence electrons. The first-order valence-electron chi connectivity index (χ1n) is 6.54. The first kappa shape index (κ1) is 14.5. The van der Waals surface area contributed by atoms with Crippen LogP contribution >= 0.6 is 0 Å². The largest absolute Gasteiger partial charge is 0.522 e. The molecule has 0 aliphatic rings. The van der Waals surface area contributed by atoms with E-state index in [1.165, 1.54) is 0 Å². The molecular formula is C15H12F3N3O. The molecule has 0 fully saturated rings. The molecule has 0 bridgehead atoms. The van der Waals surface area contributed by atoms with Gasteiger partial charge in [0.2, 0.25) is 0 Å². The zero-order chi connectivity index (χ0) is 15.7. The Kier molecular flexibility index (Phi) is 3.58. The van der Waals surface area contributed by atoms with Crippen LogP contribution in [-0.4, -0.2) is 21.0 Å². The third-order valence-electron chi connectivity index (χ3n) is 3.12. The molecule has 0 saturated heterocycles. The van der Waals surface area contributed by atoms with Crippen LogP contribution in [-0.2, 0) is 11.3 Å². The maximum absolute atomic E-state index is 12.1. The van der Waals surface area contributed by atoms with Crippen LogP contribution in [0.25, 0.3) is 16.9 Å². The van der Waals surface area contributed by atoms with Gasteiger partial charge < -0.3 is 0 Å². The maximum Gasteiger partial charge on any atom is 0.522 e. The highest BCUT2D eigenvalue weighted by atomic mass is 19.4. The molecular weight excluding hydrogens is 295 g/mol. The second-order valence-corrected chi connectivity index (χ2v) is 4.82. The van der Waals surface area contributed by atoms with Crippen molar-refractivity contribution < 1.29 is 17.9 Å². The fourth-order valence-electron chi connectivity index (χ4n) is 2.15. The van der Waals surface area contributed by atoms with Crippen molar-refractivity contribution in [1.29, 1.82) is 0 Å². The predicted molar refractivity (Wildman–Crippen MR) is 74.0 cm³/mol. The number of rotatable bonds is 3. The number of imidazole rings is 1. The number of ether oxygens (including phenoxy) is 1. The number of aromatic nitrogens is 3. The zero-order valence-corrected chi connectivity index (χ0v) is 11.6. The molecule has 22 heavy (non-hydrogen) atoms. The first-order valence-corrected chi connectivity index (χ1v) is 6.54. The van der Waals surface area contributed by atoms with Crippen LogP contribution in [0.15, 0.2) is 42.6 Å². The predicted octanol–water partition coefficient (Wildman–Crippen LogP) is 3.74. The number of aryl methyl sites for hydroxylation is 1. The molecule has 2 heterocycles. The Bertz CT molecular complexity index is 811. The van der Waals surface area contributed by atoms with Gasteiger partial charge in [-0.2, -0.15) is 5.10 Å². The summed E-state index contributed by atoms with van der Waals surface area (Å²) >= 11 is 0. The summed E-state index contributed by atoms with van der Waals surface area (Å²) in [5.74, 6) is 0. The molecule has 0 spiro atoms. The van der Waals surface area contributed by atoms with Crippen LogP contribution in [0.2, 0.25) is 0 Å². The van der Waals surface area contributed by atoms with Gasteiger partial charge in [-0.1, -0.05) is 18.2 Å². The van der Waals surface area contributed by atoms with Gasteiger partial charge in [0.1, 0.15) is 0 Å². The number of hydrogen-bond donors (Lipinski definition) is 0. The van der Waals surface area contributed by atoms with E-state index >= 15 is 0 Å². The number of hydrogen-bond acceptors (Lipinski definition) is 3. The Morgan fingerprint density at radius 2 is 2.00 bits per heavy atom. The Morgan fingerprint density at radius 1 is 1.18 bits per heavy atom. The standard InChI is InChI=1S/C15H12F3N3O/c1-10-5-6-14-19-8-13(21(14)20-10)12-4-2-3-11(7-12)9-22-15(16,17)18/h2-8H,9H2,1H3. The van der Waals surface area contributed by atoms with Gasteiger partial charge in [0, 0.05) is 5.56 Å². The summed E-state index contributed by atoms with van der Waals surface area (Å²) in [5.41, 5.74) is 3.37. The van der Waals surface area contributed by atoms with Crippen molar-refractivity contribution in [2.45, 2.75) is 19.9 Å². The fraction of sp³-hybridized carbons (Fsp3) is 0.200. The van der Waals surface area contributed by atoms with Crippen molar-refractivity contribution in [1.82, 2.24) is 14.6 Å². The first-order chi connectivity index (χ1) is 10.4. The molecule has 0 radical (unpaired) electrons. The molecule has 1 aromatic carbocycles. The molecule has 0 aliphatic heterocycles. The average molecular weight is 307 g/mol. The quantitative estimate of drug-likeness (QED) is 0.740. The third kappa shape index (κ3) is 3.09. The maximum atomic E-state index is 12.1. The highest BCUT2D eigenvalue weighted by Gasteiger charge is 2.28. The van der Waals surface area contributed by atoms with Crippen LogP contribution in [0.3, 0.4) is 0 Å². The van der Waals surface area contributed by atoms with Gasteiger partial charge in [0.05, 0.1) is 24.2 Å². The van der Waals surface area contributed by atoms with Crippen molar-refractivity contribution in [2.75, 3.05) is 0 Å². The Hall–Kier alpha value is -2.41. The van der Waals surface area contributed by atoms with Gasteiger partial charge in [-0.25, -0.2) is 9.50 Å². The second kappa shape index (κ2) is 5.42. The summed E-state index contributed by atoms with van der Waals surface area (Å²) in [6, 6.07) is 10.4. The second-order valence-electron chi connectivity index (χ2n) is 4.82. The zero-order valence-electron chi connectivity index (χ0n) is 11.6. The number of nitrogens with zero attached hydrogens (tertiary/aromatic N) is 3. The molecule has 2 aromatic heterocycles. The lowest BCUT2D eigenvalue weighted by Gasteiger charge is -2.08. The van der Waals surface area contributed by atoms with Gasteiger partial charge in [-0.3, -0.25) is 4.74 Å². The minimum Gasteiger partial charge on any atom is -0.287 e. The van der Waals surface area contributed by atoms with E-state index in [1.54, 1.807) is 35.0 Å². The van der Waals surface area contributed by atoms with Gasteiger partial charge in [0.15, 0.2) is 5.65 Å². The number of benzene rings is 1. The normalized spacial score (nSPS) is 12.0. The van der Waals surface area contributed by atoms with Crippen LogP contribution in [0.1, 0.15) is 11.3 Å². The molecule has 0 aliphatic carbocycles. The van der Waals surface area contributed by atoms with Crippen LogP contribution in [0, 0.1) is 6.92 Å². The Morgan fingerprint density at radius 3 is 2.77 bits per heavy atom. The molecule has 0 amide bonds. The minimum absolute atomic E-state index is 0.428. The summed E-state index contributed by atoms with van der Waals surface area (Å²) in [6.45, 7) is 1.33. The van der Waals surface area contributed by atoms with Gasteiger partial charge in [0.25, 0.3) is 0 Å². The van der Waals surface area contributed by atoms with E-state index in [1.807, 2.05) is 19.1 Å². The number of halogens is 3. The summed E-state index contributed by atoms with van der Waals surface area (Å²) in [7, 11) is 0. The molecule has 0 unspecified atom stereocenters. The van der Waals surface area contributed by atoms with E-state index in [4.69, 9.17) is 0 Å². The highest BCUT2D eigenvalue weighted by Crippen LogP contribution is 2.23. The summed E-state index contributed by atoms with van der Waals surface area (Å²) in [5, 5.41) is 4.37. The van der Waals surface area contributed by atoms with Crippen molar-refractivity contribution >= 4 is 5.65 Å². The molecule has 0 atom stereocenters. The lowest BCUT2D eigenvalue weighted by atomic mass is 10.1. The Balaban J connectivity index is 1.95. The fourth-order valence-corrected chi connectivity index (χ4v) is 2.15. The summed E-state index contributed by atoms with van der Waals surface area (Å²) in [4.78, 5) is 4.24. The molecule has 7 heteroatoms. The van der Waals surface area contributed by atoms with Gasteiger partial charge in [-0.05, 0) is 30.7 Å². The molecule has 4 nitrogen and oxygen atoms in total. The smallest absolute Gasteiger partial charge is 0.287 e. The van der Waals surface area contributed by atoms with Crippen molar-refractivity contribution in [3.63, 3.8) is 0 Å². The van der Waals surface area contributed by atoms with Crippen LogP contribution in [0.5, 0.6) is 0 Å².